The summed E-state index contributed by atoms with van der Waals surface area (Å²) < 4.78 is 5.08. The van der Waals surface area contributed by atoms with Gasteiger partial charge in [0.15, 0.2) is 0 Å². The average Bonchev–Trinajstić information content (AvgIpc) is 2.16. The summed E-state index contributed by atoms with van der Waals surface area (Å²) in [6.07, 6.45) is 1.23. The van der Waals surface area contributed by atoms with Crippen molar-refractivity contribution in [2.24, 2.45) is 0 Å². The molecule has 1 atom stereocenters. The van der Waals surface area contributed by atoms with Crippen molar-refractivity contribution in [1.29, 1.82) is 0 Å². The maximum atomic E-state index is 5.08. The van der Waals surface area contributed by atoms with Crippen LogP contribution in [0.2, 0.25) is 0 Å². The zero-order valence-electron chi connectivity index (χ0n) is 11.0. The first-order chi connectivity index (χ1) is 7.11. The highest BCUT2D eigenvalue weighted by Crippen LogP contribution is 1.98. The van der Waals surface area contributed by atoms with Crippen molar-refractivity contribution in [3.8, 4) is 0 Å². The topological polar surface area (TPSA) is 24.5 Å². The SMILES string of the molecule is CCCN(CCNC(C)COC)C(C)C. The fourth-order valence-corrected chi connectivity index (χ4v) is 1.68. The standard InChI is InChI=1S/C12H28N2O/c1-6-8-14(11(2)3)9-7-13-12(4)10-15-5/h11-13H,6-10H2,1-5H3. The molecule has 0 aliphatic rings. The van der Waals surface area contributed by atoms with E-state index >= 15 is 0 Å². The first kappa shape index (κ1) is 14.9. The third kappa shape index (κ3) is 7.77. The van der Waals surface area contributed by atoms with Gasteiger partial charge in [0, 0.05) is 32.3 Å². The van der Waals surface area contributed by atoms with Gasteiger partial charge in [0.2, 0.25) is 0 Å². The van der Waals surface area contributed by atoms with E-state index in [0.29, 0.717) is 12.1 Å². The first-order valence-corrected chi connectivity index (χ1v) is 6.08. The second-order valence-electron chi connectivity index (χ2n) is 4.44. The molecule has 0 spiro atoms. The average molecular weight is 216 g/mol. The van der Waals surface area contributed by atoms with Gasteiger partial charge in [-0.1, -0.05) is 6.92 Å². The summed E-state index contributed by atoms with van der Waals surface area (Å²) in [5.41, 5.74) is 0. The Balaban J connectivity index is 3.61. The Morgan fingerprint density at radius 2 is 1.87 bits per heavy atom. The Bertz CT molecular complexity index is 140. The molecule has 0 aromatic carbocycles. The summed E-state index contributed by atoms with van der Waals surface area (Å²) in [6, 6.07) is 1.09. The molecule has 0 bridgehead atoms. The second-order valence-corrected chi connectivity index (χ2v) is 4.44. The Kier molecular flexibility index (Phi) is 9.06. The van der Waals surface area contributed by atoms with Gasteiger partial charge in [-0.25, -0.2) is 0 Å². The molecule has 3 nitrogen and oxygen atoms in total. The van der Waals surface area contributed by atoms with Crippen molar-refractivity contribution in [2.75, 3.05) is 33.4 Å². The molecule has 3 heteroatoms. The third-order valence-corrected chi connectivity index (χ3v) is 2.55. The minimum atomic E-state index is 0.450. The molecule has 0 saturated carbocycles. The van der Waals surface area contributed by atoms with E-state index in [4.69, 9.17) is 4.74 Å². The fraction of sp³-hybridized carbons (Fsp3) is 1.00. The Morgan fingerprint density at radius 3 is 2.33 bits per heavy atom. The molecule has 15 heavy (non-hydrogen) atoms. The van der Waals surface area contributed by atoms with Crippen LogP contribution in [0.25, 0.3) is 0 Å². The lowest BCUT2D eigenvalue weighted by Crippen LogP contribution is -2.40. The van der Waals surface area contributed by atoms with Crippen molar-refractivity contribution in [3.05, 3.63) is 0 Å². The predicted octanol–water partition coefficient (Wildman–Crippen LogP) is 1.73. The van der Waals surface area contributed by atoms with Gasteiger partial charge in [-0.05, 0) is 33.7 Å². The fourth-order valence-electron chi connectivity index (χ4n) is 1.68. The van der Waals surface area contributed by atoms with Crippen molar-refractivity contribution < 1.29 is 4.74 Å². The highest BCUT2D eigenvalue weighted by Gasteiger charge is 2.08. The van der Waals surface area contributed by atoms with E-state index in [1.54, 1.807) is 7.11 Å². The zero-order valence-corrected chi connectivity index (χ0v) is 11.0. The Morgan fingerprint density at radius 1 is 1.20 bits per heavy atom. The van der Waals surface area contributed by atoms with Gasteiger partial charge >= 0.3 is 0 Å². The van der Waals surface area contributed by atoms with Gasteiger partial charge in [0.25, 0.3) is 0 Å². The van der Waals surface area contributed by atoms with Gasteiger partial charge in [0.05, 0.1) is 6.61 Å². The minimum absolute atomic E-state index is 0.450. The molecule has 0 aromatic heterocycles. The molecule has 0 heterocycles. The molecule has 0 fully saturated rings. The largest absolute Gasteiger partial charge is 0.383 e. The van der Waals surface area contributed by atoms with E-state index < -0.39 is 0 Å². The van der Waals surface area contributed by atoms with Crippen molar-refractivity contribution in [1.82, 2.24) is 10.2 Å². The molecule has 1 N–H and O–H groups in total. The molecule has 0 aliphatic heterocycles. The summed E-state index contributed by atoms with van der Waals surface area (Å²) in [5, 5.41) is 3.46. The Labute approximate surface area is 95.2 Å². The van der Waals surface area contributed by atoms with E-state index in [1.807, 2.05) is 0 Å². The van der Waals surface area contributed by atoms with Crippen LogP contribution < -0.4 is 5.32 Å². The molecular formula is C12H28N2O. The van der Waals surface area contributed by atoms with E-state index in [0.717, 1.165) is 19.7 Å². The van der Waals surface area contributed by atoms with Crippen molar-refractivity contribution in [3.63, 3.8) is 0 Å². The first-order valence-electron chi connectivity index (χ1n) is 6.08. The van der Waals surface area contributed by atoms with Crippen LogP contribution in [-0.4, -0.2) is 50.3 Å². The monoisotopic (exact) mass is 216 g/mol. The quantitative estimate of drug-likeness (QED) is 0.635. The zero-order chi connectivity index (χ0) is 11.7. The number of hydrogen-bond donors (Lipinski definition) is 1. The van der Waals surface area contributed by atoms with Gasteiger partial charge in [-0.2, -0.15) is 0 Å². The predicted molar refractivity (Wildman–Crippen MR) is 66.3 cm³/mol. The lowest BCUT2D eigenvalue weighted by molar-refractivity contribution is 0.165. The molecule has 0 aliphatic carbocycles. The van der Waals surface area contributed by atoms with Gasteiger partial charge in [-0.3, -0.25) is 4.90 Å². The molecule has 0 amide bonds. The summed E-state index contributed by atoms with van der Waals surface area (Å²) in [7, 11) is 1.75. The highest BCUT2D eigenvalue weighted by molar-refractivity contribution is 4.66. The van der Waals surface area contributed by atoms with Crippen LogP contribution in [0, 0.1) is 0 Å². The maximum absolute atomic E-state index is 5.08. The van der Waals surface area contributed by atoms with Crippen LogP contribution in [-0.2, 0) is 4.74 Å². The Hall–Kier alpha value is -0.120. The van der Waals surface area contributed by atoms with E-state index in [-0.39, 0.29) is 0 Å². The van der Waals surface area contributed by atoms with Gasteiger partial charge in [-0.15, -0.1) is 0 Å². The molecular weight excluding hydrogens is 188 g/mol. The number of nitrogens with one attached hydrogen (secondary N) is 1. The normalized spacial score (nSPS) is 13.8. The summed E-state index contributed by atoms with van der Waals surface area (Å²) in [6.45, 7) is 13.1. The molecule has 0 saturated heterocycles. The maximum Gasteiger partial charge on any atom is 0.0613 e. The lowest BCUT2D eigenvalue weighted by atomic mass is 10.3. The summed E-state index contributed by atoms with van der Waals surface area (Å²) in [5.74, 6) is 0. The molecule has 92 valence electrons. The van der Waals surface area contributed by atoms with E-state index in [9.17, 15) is 0 Å². The van der Waals surface area contributed by atoms with Crippen LogP contribution in [0.5, 0.6) is 0 Å². The van der Waals surface area contributed by atoms with Gasteiger partial charge < -0.3 is 10.1 Å². The van der Waals surface area contributed by atoms with Crippen LogP contribution in [0.1, 0.15) is 34.1 Å². The third-order valence-electron chi connectivity index (χ3n) is 2.55. The van der Waals surface area contributed by atoms with Crippen LogP contribution in [0.3, 0.4) is 0 Å². The number of ether oxygens (including phenoxy) is 1. The van der Waals surface area contributed by atoms with Crippen molar-refractivity contribution >= 4 is 0 Å². The van der Waals surface area contributed by atoms with Crippen LogP contribution in [0.15, 0.2) is 0 Å². The second kappa shape index (κ2) is 9.13. The molecule has 1 unspecified atom stereocenters. The molecule has 0 rings (SSSR count). The van der Waals surface area contributed by atoms with E-state index in [2.05, 4.69) is 37.9 Å². The minimum Gasteiger partial charge on any atom is -0.383 e. The highest BCUT2D eigenvalue weighted by atomic mass is 16.5. The van der Waals surface area contributed by atoms with Crippen molar-refractivity contribution in [2.45, 2.75) is 46.2 Å². The lowest BCUT2D eigenvalue weighted by Gasteiger charge is -2.26. The molecule has 0 radical (unpaired) electrons. The number of rotatable bonds is 9. The summed E-state index contributed by atoms with van der Waals surface area (Å²) in [4.78, 5) is 2.51. The number of nitrogens with zero attached hydrogens (tertiary/aromatic N) is 1. The van der Waals surface area contributed by atoms with Crippen LogP contribution in [0.4, 0.5) is 0 Å². The summed E-state index contributed by atoms with van der Waals surface area (Å²) >= 11 is 0. The van der Waals surface area contributed by atoms with E-state index in [1.165, 1.54) is 13.0 Å². The van der Waals surface area contributed by atoms with Gasteiger partial charge in [0.1, 0.15) is 0 Å². The number of hydrogen-bond acceptors (Lipinski definition) is 3. The van der Waals surface area contributed by atoms with Crippen LogP contribution >= 0.6 is 0 Å². The molecule has 0 aromatic rings. The number of methoxy groups -OCH3 is 1. The smallest absolute Gasteiger partial charge is 0.0613 e.